The monoisotopic (exact) mass is 252 g/mol. The molecule has 19 heavy (non-hydrogen) atoms. The van der Waals surface area contributed by atoms with Gasteiger partial charge in [-0.2, -0.15) is 0 Å². The van der Waals surface area contributed by atoms with E-state index in [1.807, 2.05) is 0 Å². The number of aryl methyl sites for hydroxylation is 1. The van der Waals surface area contributed by atoms with Gasteiger partial charge in [0.2, 0.25) is 0 Å². The number of hydrogen-bond acceptors (Lipinski definition) is 1. The molecule has 96 valence electrons. The summed E-state index contributed by atoms with van der Waals surface area (Å²) in [6.45, 7) is 0. The van der Waals surface area contributed by atoms with Crippen LogP contribution in [0.4, 0.5) is 0 Å². The lowest BCUT2D eigenvalue weighted by atomic mass is 9.97. The summed E-state index contributed by atoms with van der Waals surface area (Å²) in [7, 11) is 0. The first-order valence-corrected chi connectivity index (χ1v) is 6.66. The molecule has 1 aliphatic carbocycles. The quantitative estimate of drug-likeness (QED) is 0.769. The summed E-state index contributed by atoms with van der Waals surface area (Å²) in [6.07, 6.45) is 2.79. The van der Waals surface area contributed by atoms with Crippen LogP contribution < -0.4 is 0 Å². The van der Waals surface area contributed by atoms with Gasteiger partial charge in [0.15, 0.2) is 0 Å². The van der Waals surface area contributed by atoms with Crippen molar-refractivity contribution in [3.8, 4) is 11.1 Å². The molecule has 3 rings (SSSR count). The Balaban J connectivity index is 1.88. The number of benzene rings is 2. The molecule has 0 atom stereocenters. The molecule has 0 amide bonds. The number of carboxylic acids is 1. The van der Waals surface area contributed by atoms with E-state index in [2.05, 4.69) is 42.5 Å². The molecule has 2 heteroatoms. The number of aliphatic carboxylic acids is 1. The fourth-order valence-corrected chi connectivity index (χ4v) is 2.89. The van der Waals surface area contributed by atoms with Gasteiger partial charge in [0.1, 0.15) is 0 Å². The summed E-state index contributed by atoms with van der Waals surface area (Å²) in [6, 6.07) is 14.9. The minimum absolute atomic E-state index is 0.247. The average Bonchev–Trinajstić information content (AvgIpc) is 2.78. The largest absolute Gasteiger partial charge is 0.481 e. The molecule has 0 unspecified atom stereocenters. The molecule has 0 aromatic heterocycles. The van der Waals surface area contributed by atoms with Gasteiger partial charge in [0, 0.05) is 6.42 Å². The molecule has 1 N–H and O–H groups in total. The van der Waals surface area contributed by atoms with Gasteiger partial charge >= 0.3 is 5.97 Å². The van der Waals surface area contributed by atoms with Crippen LogP contribution in [0.2, 0.25) is 0 Å². The average molecular weight is 252 g/mol. The summed E-state index contributed by atoms with van der Waals surface area (Å²) in [4.78, 5) is 10.6. The predicted octanol–water partition coefficient (Wildman–Crippen LogP) is 3.67. The molecule has 2 aromatic rings. The van der Waals surface area contributed by atoms with Crippen LogP contribution in [-0.2, 0) is 17.6 Å². The summed E-state index contributed by atoms with van der Waals surface area (Å²) in [5, 5.41) is 8.73. The lowest BCUT2D eigenvalue weighted by Gasteiger charge is -2.07. The summed E-state index contributed by atoms with van der Waals surface area (Å²) in [5.41, 5.74) is 6.72. The Morgan fingerprint density at radius 2 is 1.84 bits per heavy atom. The molecular formula is C17H16O2. The molecule has 0 aliphatic heterocycles. The SMILES string of the molecule is O=C(O)CCCc1cccc2c1Cc1ccccc1-2. The van der Waals surface area contributed by atoms with Crippen molar-refractivity contribution in [3.63, 3.8) is 0 Å². The molecule has 0 fully saturated rings. The topological polar surface area (TPSA) is 37.3 Å². The second kappa shape index (κ2) is 4.88. The Labute approximate surface area is 112 Å². The predicted molar refractivity (Wildman–Crippen MR) is 75.3 cm³/mol. The van der Waals surface area contributed by atoms with Crippen LogP contribution in [-0.4, -0.2) is 11.1 Å². The summed E-state index contributed by atoms with van der Waals surface area (Å²) in [5.74, 6) is -0.712. The summed E-state index contributed by atoms with van der Waals surface area (Å²) >= 11 is 0. The van der Waals surface area contributed by atoms with Crippen molar-refractivity contribution in [1.29, 1.82) is 0 Å². The molecule has 1 aliphatic rings. The van der Waals surface area contributed by atoms with E-state index in [4.69, 9.17) is 5.11 Å². The third kappa shape index (κ3) is 2.26. The minimum atomic E-state index is -0.712. The highest BCUT2D eigenvalue weighted by atomic mass is 16.4. The number of rotatable bonds is 4. The van der Waals surface area contributed by atoms with Gasteiger partial charge in [-0.05, 0) is 47.1 Å². The normalized spacial score (nSPS) is 12.0. The van der Waals surface area contributed by atoms with E-state index in [9.17, 15) is 4.79 Å². The molecule has 0 bridgehead atoms. The van der Waals surface area contributed by atoms with E-state index in [1.165, 1.54) is 27.8 Å². The third-order valence-electron chi connectivity index (χ3n) is 3.78. The van der Waals surface area contributed by atoms with E-state index in [1.54, 1.807) is 0 Å². The number of hydrogen-bond donors (Lipinski definition) is 1. The minimum Gasteiger partial charge on any atom is -0.481 e. The van der Waals surface area contributed by atoms with Crippen LogP contribution in [0.5, 0.6) is 0 Å². The molecule has 0 saturated heterocycles. The van der Waals surface area contributed by atoms with Gasteiger partial charge < -0.3 is 5.11 Å². The van der Waals surface area contributed by atoms with Crippen LogP contribution >= 0.6 is 0 Å². The first kappa shape index (κ1) is 12.0. The van der Waals surface area contributed by atoms with E-state index in [0.717, 1.165) is 12.8 Å². The first-order valence-electron chi connectivity index (χ1n) is 6.66. The molecular weight excluding hydrogens is 236 g/mol. The fraction of sp³-hybridized carbons (Fsp3) is 0.235. The Morgan fingerprint density at radius 3 is 2.68 bits per heavy atom. The van der Waals surface area contributed by atoms with Gasteiger partial charge in [-0.25, -0.2) is 0 Å². The van der Waals surface area contributed by atoms with Crippen molar-refractivity contribution < 1.29 is 9.90 Å². The number of carboxylic acid groups (broad SMARTS) is 1. The summed E-state index contributed by atoms with van der Waals surface area (Å²) < 4.78 is 0. The highest BCUT2D eigenvalue weighted by Crippen LogP contribution is 2.38. The number of carbonyl (C=O) groups is 1. The first-order chi connectivity index (χ1) is 9.25. The van der Waals surface area contributed by atoms with Crippen LogP contribution in [0, 0.1) is 0 Å². The molecule has 2 nitrogen and oxygen atoms in total. The Kier molecular flexibility index (Phi) is 3.08. The van der Waals surface area contributed by atoms with Crippen molar-refractivity contribution in [2.24, 2.45) is 0 Å². The zero-order valence-corrected chi connectivity index (χ0v) is 10.7. The van der Waals surface area contributed by atoms with Crippen molar-refractivity contribution in [3.05, 3.63) is 59.2 Å². The van der Waals surface area contributed by atoms with Crippen LogP contribution in [0.15, 0.2) is 42.5 Å². The standard InChI is InChI=1S/C17H16O2/c18-17(19)10-4-7-12-6-3-9-15-14-8-2-1-5-13(14)11-16(12)15/h1-3,5-6,8-9H,4,7,10-11H2,(H,18,19). The van der Waals surface area contributed by atoms with Gasteiger partial charge in [-0.3, -0.25) is 4.79 Å². The molecule has 2 aromatic carbocycles. The Morgan fingerprint density at radius 1 is 1.05 bits per heavy atom. The zero-order valence-electron chi connectivity index (χ0n) is 10.7. The maximum atomic E-state index is 10.6. The fourth-order valence-electron chi connectivity index (χ4n) is 2.89. The molecule has 0 radical (unpaired) electrons. The molecule has 0 heterocycles. The van der Waals surface area contributed by atoms with Crippen molar-refractivity contribution >= 4 is 5.97 Å². The zero-order chi connectivity index (χ0) is 13.2. The van der Waals surface area contributed by atoms with E-state index in [-0.39, 0.29) is 6.42 Å². The maximum absolute atomic E-state index is 10.6. The van der Waals surface area contributed by atoms with Crippen molar-refractivity contribution in [2.45, 2.75) is 25.7 Å². The van der Waals surface area contributed by atoms with Gasteiger partial charge in [-0.1, -0.05) is 42.5 Å². The van der Waals surface area contributed by atoms with E-state index < -0.39 is 5.97 Å². The Hall–Kier alpha value is -2.09. The van der Waals surface area contributed by atoms with Crippen LogP contribution in [0.3, 0.4) is 0 Å². The second-order valence-corrected chi connectivity index (χ2v) is 5.02. The highest BCUT2D eigenvalue weighted by Gasteiger charge is 2.19. The van der Waals surface area contributed by atoms with Gasteiger partial charge in [0.05, 0.1) is 0 Å². The van der Waals surface area contributed by atoms with Gasteiger partial charge in [0.25, 0.3) is 0 Å². The second-order valence-electron chi connectivity index (χ2n) is 5.02. The maximum Gasteiger partial charge on any atom is 0.303 e. The van der Waals surface area contributed by atoms with E-state index >= 15 is 0 Å². The Bertz CT molecular complexity index is 629. The van der Waals surface area contributed by atoms with Crippen molar-refractivity contribution in [1.82, 2.24) is 0 Å². The van der Waals surface area contributed by atoms with Gasteiger partial charge in [-0.15, -0.1) is 0 Å². The smallest absolute Gasteiger partial charge is 0.303 e. The van der Waals surface area contributed by atoms with Crippen LogP contribution in [0.1, 0.15) is 29.5 Å². The lowest BCUT2D eigenvalue weighted by molar-refractivity contribution is -0.137. The van der Waals surface area contributed by atoms with Crippen molar-refractivity contribution in [2.75, 3.05) is 0 Å². The lowest BCUT2D eigenvalue weighted by Crippen LogP contribution is -1.98. The molecule has 0 spiro atoms. The number of fused-ring (bicyclic) bond motifs is 3. The van der Waals surface area contributed by atoms with E-state index in [0.29, 0.717) is 6.42 Å². The molecule has 0 saturated carbocycles. The third-order valence-corrected chi connectivity index (χ3v) is 3.78. The van der Waals surface area contributed by atoms with Crippen LogP contribution in [0.25, 0.3) is 11.1 Å². The highest BCUT2D eigenvalue weighted by molar-refractivity contribution is 5.77.